The minimum Gasteiger partial charge on any atom is -0.495 e. The van der Waals surface area contributed by atoms with E-state index in [9.17, 15) is 4.79 Å². The van der Waals surface area contributed by atoms with E-state index in [1.54, 1.807) is 13.3 Å². The lowest BCUT2D eigenvalue weighted by Gasteiger charge is -2.21. The van der Waals surface area contributed by atoms with Crippen LogP contribution in [-0.2, 0) is 12.0 Å². The summed E-state index contributed by atoms with van der Waals surface area (Å²) in [6.07, 6.45) is 6.61. The summed E-state index contributed by atoms with van der Waals surface area (Å²) in [5.41, 5.74) is 6.27. The second-order valence-electron chi connectivity index (χ2n) is 11.9. The van der Waals surface area contributed by atoms with Crippen LogP contribution in [0.5, 0.6) is 5.75 Å². The topological polar surface area (TPSA) is 112 Å². The molecular weight excluding hydrogens is 560 g/mol. The van der Waals surface area contributed by atoms with Crippen LogP contribution >= 0.6 is 0 Å². The van der Waals surface area contributed by atoms with E-state index in [0.717, 1.165) is 38.7 Å². The molecule has 3 N–H and O–H groups in total. The molecule has 8 nitrogen and oxygen atoms in total. The first-order valence-corrected chi connectivity index (χ1v) is 15.0. The molecule has 0 radical (unpaired) electrons. The summed E-state index contributed by atoms with van der Waals surface area (Å²) in [7, 11) is 1.59. The first kappa shape index (κ1) is 31.2. The zero-order valence-electron chi connectivity index (χ0n) is 26.1. The van der Waals surface area contributed by atoms with E-state index in [1.165, 1.54) is 0 Å². The van der Waals surface area contributed by atoms with Crippen LogP contribution in [0, 0.1) is 11.3 Å². The van der Waals surface area contributed by atoms with Gasteiger partial charge in [-0.2, -0.15) is 5.26 Å². The van der Waals surface area contributed by atoms with Gasteiger partial charge in [0.1, 0.15) is 5.75 Å². The molecule has 0 aliphatic rings. The highest BCUT2D eigenvalue weighted by Crippen LogP contribution is 2.34. The normalized spacial score (nSPS) is 11.9. The number of fused-ring (bicyclic) bond motifs is 1. The van der Waals surface area contributed by atoms with Crippen molar-refractivity contribution >= 4 is 28.2 Å². The van der Waals surface area contributed by atoms with Crippen LogP contribution < -0.4 is 20.7 Å². The average Bonchev–Trinajstić information content (AvgIpc) is 3.05. The van der Waals surface area contributed by atoms with Crippen LogP contribution in [0.3, 0.4) is 0 Å². The van der Waals surface area contributed by atoms with Crippen LogP contribution in [0.2, 0.25) is 0 Å². The van der Waals surface area contributed by atoms with Crippen molar-refractivity contribution in [3.05, 3.63) is 114 Å². The average molecular weight is 599 g/mol. The summed E-state index contributed by atoms with van der Waals surface area (Å²) in [5.74, 6) is 0.597. The molecule has 0 saturated carbocycles. The van der Waals surface area contributed by atoms with Gasteiger partial charge < -0.3 is 20.7 Å². The number of hydrogen-bond donors (Lipinski definition) is 3. The Morgan fingerprint density at radius 3 is 2.42 bits per heavy atom. The Morgan fingerprint density at radius 1 is 0.933 bits per heavy atom. The second kappa shape index (κ2) is 14.0. The minimum atomic E-state index is -0.352. The number of pyridine rings is 2. The fourth-order valence-corrected chi connectivity index (χ4v) is 5.30. The van der Waals surface area contributed by atoms with Crippen molar-refractivity contribution in [2.45, 2.75) is 51.6 Å². The zero-order chi connectivity index (χ0) is 31.8. The van der Waals surface area contributed by atoms with Crippen molar-refractivity contribution in [3.8, 4) is 22.9 Å². The third-order valence-corrected chi connectivity index (χ3v) is 7.78. The molecule has 2 aromatic heterocycles. The lowest BCUT2D eigenvalue weighted by molar-refractivity contribution is 0.262. The Labute approximate surface area is 264 Å². The minimum absolute atomic E-state index is 0.0181. The third-order valence-electron chi connectivity index (χ3n) is 7.78. The van der Waals surface area contributed by atoms with Crippen molar-refractivity contribution in [3.63, 3.8) is 0 Å². The Morgan fingerprint density at radius 2 is 1.73 bits per heavy atom. The third kappa shape index (κ3) is 7.64. The van der Waals surface area contributed by atoms with Crippen molar-refractivity contribution in [1.29, 1.82) is 5.26 Å². The monoisotopic (exact) mass is 598 g/mol. The molecule has 1 atom stereocenters. The molecular formula is C37H38N6O2. The number of hydrogen-bond acceptors (Lipinski definition) is 6. The number of nitriles is 1. The van der Waals surface area contributed by atoms with E-state index in [4.69, 9.17) is 15.0 Å². The molecule has 8 heteroatoms. The van der Waals surface area contributed by atoms with Gasteiger partial charge in [0.05, 0.1) is 30.2 Å². The number of urea groups is 1. The number of aromatic nitrogens is 2. The van der Waals surface area contributed by atoms with Crippen molar-refractivity contribution < 1.29 is 9.53 Å². The summed E-state index contributed by atoms with van der Waals surface area (Å²) >= 11 is 0. The molecule has 0 bridgehead atoms. The van der Waals surface area contributed by atoms with Crippen LogP contribution in [0.4, 0.5) is 16.2 Å². The predicted octanol–water partition coefficient (Wildman–Crippen LogP) is 8.38. The first-order chi connectivity index (χ1) is 21.8. The molecule has 0 saturated heterocycles. The van der Waals surface area contributed by atoms with Crippen molar-refractivity contribution in [2.24, 2.45) is 0 Å². The maximum Gasteiger partial charge on any atom is 0.323 e. The molecule has 5 aromatic rings. The smallest absolute Gasteiger partial charge is 0.323 e. The van der Waals surface area contributed by atoms with Gasteiger partial charge in [0.15, 0.2) is 0 Å². The van der Waals surface area contributed by atoms with Crippen molar-refractivity contribution in [2.75, 3.05) is 17.7 Å². The number of rotatable bonds is 10. The molecule has 45 heavy (non-hydrogen) atoms. The zero-order valence-corrected chi connectivity index (χ0v) is 26.1. The van der Waals surface area contributed by atoms with Crippen LogP contribution in [0.1, 0.15) is 56.5 Å². The van der Waals surface area contributed by atoms with Gasteiger partial charge in [-0.25, -0.2) is 4.79 Å². The van der Waals surface area contributed by atoms with Crippen molar-refractivity contribution in [1.82, 2.24) is 15.3 Å². The largest absolute Gasteiger partial charge is 0.495 e. The van der Waals surface area contributed by atoms with E-state index in [1.807, 2.05) is 85.2 Å². The highest BCUT2D eigenvalue weighted by atomic mass is 16.5. The number of benzene rings is 3. The molecule has 0 spiro atoms. The van der Waals surface area contributed by atoms with Gasteiger partial charge in [-0.15, -0.1) is 0 Å². The summed E-state index contributed by atoms with van der Waals surface area (Å²) < 4.78 is 5.50. The highest BCUT2D eigenvalue weighted by molar-refractivity contribution is 6.10. The highest BCUT2D eigenvalue weighted by Gasteiger charge is 2.18. The van der Waals surface area contributed by atoms with Gasteiger partial charge >= 0.3 is 6.03 Å². The van der Waals surface area contributed by atoms with E-state index >= 15 is 0 Å². The van der Waals surface area contributed by atoms with Gasteiger partial charge in [0.25, 0.3) is 0 Å². The standard InChI is InChI=1S/C37H38N6O2/c1-37(2,3)27-14-18-35(45-4)34(21-27)43-36(44)42-33-17-16-29(30-10-5-6-11-31(30)33)25-13-15-28(40-23-25)24-41-32(12-7-19-38)26-9-8-20-39-22-26/h5-6,8-11,13-18,20-23,32,41H,7,12,24H2,1-4H3,(H2,42,43,44). The molecule has 1 unspecified atom stereocenters. The molecule has 0 aliphatic heterocycles. The second-order valence-corrected chi connectivity index (χ2v) is 11.9. The molecule has 2 amide bonds. The number of carbonyl (C=O) groups excluding carboxylic acids is 1. The number of amides is 2. The Balaban J connectivity index is 1.32. The predicted molar refractivity (Wildman–Crippen MR) is 180 cm³/mol. The Kier molecular flexibility index (Phi) is 9.71. The lowest BCUT2D eigenvalue weighted by atomic mass is 9.87. The number of methoxy groups -OCH3 is 1. The van der Waals surface area contributed by atoms with Gasteiger partial charge in [-0.3, -0.25) is 9.97 Å². The fourth-order valence-electron chi connectivity index (χ4n) is 5.30. The Bertz CT molecular complexity index is 1810. The maximum atomic E-state index is 13.2. The van der Waals surface area contributed by atoms with E-state index in [-0.39, 0.29) is 17.5 Å². The SMILES string of the molecule is COc1ccc(C(C)(C)C)cc1NC(=O)Nc1ccc(-c2ccc(CNC(CCC#N)c3cccnc3)nc2)c2ccccc12. The summed E-state index contributed by atoms with van der Waals surface area (Å²) in [6, 6.07) is 27.7. The molecule has 0 aliphatic carbocycles. The first-order valence-electron chi connectivity index (χ1n) is 15.0. The number of nitrogens with one attached hydrogen (secondary N) is 3. The number of carbonyl (C=O) groups is 1. The summed E-state index contributed by atoms with van der Waals surface area (Å²) in [6.45, 7) is 6.95. The number of nitrogens with zero attached hydrogens (tertiary/aromatic N) is 3. The van der Waals surface area contributed by atoms with Crippen LogP contribution in [-0.4, -0.2) is 23.1 Å². The maximum absolute atomic E-state index is 13.2. The molecule has 3 aromatic carbocycles. The van der Waals surface area contributed by atoms with Gasteiger partial charge in [-0.05, 0) is 64.2 Å². The fraction of sp³-hybridized carbons (Fsp3) is 0.243. The van der Waals surface area contributed by atoms with Gasteiger partial charge in [0.2, 0.25) is 0 Å². The number of anilines is 2. The van der Waals surface area contributed by atoms with Gasteiger partial charge in [-0.1, -0.05) is 69.3 Å². The van der Waals surface area contributed by atoms with Gasteiger partial charge in [0, 0.05) is 48.5 Å². The van der Waals surface area contributed by atoms with Crippen LogP contribution in [0.15, 0.2) is 97.5 Å². The van der Waals surface area contributed by atoms with E-state index < -0.39 is 0 Å². The number of ether oxygens (including phenoxy) is 1. The van der Waals surface area contributed by atoms with E-state index in [2.05, 4.69) is 53.8 Å². The molecule has 5 rings (SSSR count). The lowest BCUT2D eigenvalue weighted by Crippen LogP contribution is -2.21. The molecule has 228 valence electrons. The Hall–Kier alpha value is -5.26. The quantitative estimate of drug-likeness (QED) is 0.149. The van der Waals surface area contributed by atoms with E-state index in [0.29, 0.717) is 36.5 Å². The summed E-state index contributed by atoms with van der Waals surface area (Å²) in [5, 5.41) is 20.6. The molecule has 0 fully saturated rings. The summed E-state index contributed by atoms with van der Waals surface area (Å²) in [4.78, 5) is 22.2. The van der Waals surface area contributed by atoms with Crippen LogP contribution in [0.25, 0.3) is 21.9 Å². The molecule has 2 heterocycles.